The van der Waals surface area contributed by atoms with Crippen LogP contribution in [-0.4, -0.2) is 24.2 Å². The van der Waals surface area contributed by atoms with Gasteiger partial charge in [-0.1, -0.05) is 6.07 Å². The molecule has 0 radical (unpaired) electrons. The zero-order valence-electron chi connectivity index (χ0n) is 9.90. The Balaban J connectivity index is 1.95. The van der Waals surface area contributed by atoms with Crippen LogP contribution in [0.4, 0.5) is 0 Å². The van der Waals surface area contributed by atoms with Crippen molar-refractivity contribution in [3.05, 3.63) is 29.3 Å². The minimum Gasteiger partial charge on any atom is -0.508 e. The third-order valence-electron chi connectivity index (χ3n) is 3.00. The number of aryl methyl sites for hydroxylation is 1. The van der Waals surface area contributed by atoms with E-state index in [0.29, 0.717) is 12.4 Å². The van der Waals surface area contributed by atoms with Crippen molar-refractivity contribution in [3.63, 3.8) is 0 Å². The molecule has 0 fully saturated rings. The number of nitrogens with one attached hydrogen (secondary N) is 1. The summed E-state index contributed by atoms with van der Waals surface area (Å²) >= 11 is 0. The number of benzene rings is 1. The maximum atomic E-state index is 11.2. The second-order valence-corrected chi connectivity index (χ2v) is 4.16. The lowest BCUT2D eigenvalue weighted by atomic mass is 10.1. The minimum atomic E-state index is -0.222. The van der Waals surface area contributed by atoms with Gasteiger partial charge in [0, 0.05) is 6.04 Å². The van der Waals surface area contributed by atoms with Crippen LogP contribution < -0.4 is 5.32 Å². The molecule has 1 aromatic rings. The van der Waals surface area contributed by atoms with E-state index in [9.17, 15) is 9.90 Å². The number of rotatable bonds is 4. The number of carbonyl (C=O) groups is 1. The molecule has 2 N–H and O–H groups in total. The molecule has 92 valence electrons. The fourth-order valence-corrected chi connectivity index (χ4v) is 2.23. The van der Waals surface area contributed by atoms with Gasteiger partial charge in [-0.05, 0) is 43.0 Å². The first-order valence-electron chi connectivity index (χ1n) is 5.91. The van der Waals surface area contributed by atoms with Gasteiger partial charge in [-0.25, -0.2) is 0 Å². The third kappa shape index (κ3) is 2.77. The van der Waals surface area contributed by atoms with Crippen molar-refractivity contribution in [2.24, 2.45) is 0 Å². The Morgan fingerprint density at radius 1 is 1.59 bits per heavy atom. The molecule has 0 aromatic heterocycles. The molecule has 0 bridgehead atoms. The molecule has 1 aliphatic carbocycles. The largest absolute Gasteiger partial charge is 0.508 e. The van der Waals surface area contributed by atoms with Gasteiger partial charge in [-0.3, -0.25) is 4.79 Å². The van der Waals surface area contributed by atoms with Crippen LogP contribution in [-0.2, 0) is 16.0 Å². The van der Waals surface area contributed by atoms with Gasteiger partial charge in [0.05, 0.1) is 13.2 Å². The van der Waals surface area contributed by atoms with E-state index in [2.05, 4.69) is 5.32 Å². The SMILES string of the molecule is CCOC(=O)CNC1CCc2cc(O)ccc21. The summed E-state index contributed by atoms with van der Waals surface area (Å²) in [4.78, 5) is 11.2. The number of fused-ring (bicyclic) bond motifs is 1. The number of hydrogen-bond donors (Lipinski definition) is 2. The second-order valence-electron chi connectivity index (χ2n) is 4.16. The smallest absolute Gasteiger partial charge is 0.319 e. The minimum absolute atomic E-state index is 0.190. The predicted octanol–water partition coefficient (Wildman–Crippen LogP) is 1.53. The molecule has 0 saturated heterocycles. The Morgan fingerprint density at radius 2 is 2.41 bits per heavy atom. The zero-order valence-corrected chi connectivity index (χ0v) is 9.90. The highest BCUT2D eigenvalue weighted by Gasteiger charge is 2.22. The highest BCUT2D eigenvalue weighted by atomic mass is 16.5. The first-order valence-corrected chi connectivity index (χ1v) is 5.91. The van der Waals surface area contributed by atoms with Crippen molar-refractivity contribution < 1.29 is 14.6 Å². The number of phenols is 1. The molecule has 17 heavy (non-hydrogen) atoms. The lowest BCUT2D eigenvalue weighted by Gasteiger charge is -2.13. The summed E-state index contributed by atoms with van der Waals surface area (Å²) in [6.45, 7) is 2.44. The van der Waals surface area contributed by atoms with Crippen LogP contribution in [0.5, 0.6) is 5.75 Å². The summed E-state index contributed by atoms with van der Waals surface area (Å²) in [5.41, 5.74) is 2.33. The highest BCUT2D eigenvalue weighted by Crippen LogP contribution is 2.32. The molecule has 0 saturated carbocycles. The Hall–Kier alpha value is -1.55. The number of ether oxygens (including phenoxy) is 1. The van der Waals surface area contributed by atoms with Gasteiger partial charge in [-0.15, -0.1) is 0 Å². The number of phenolic OH excluding ortho intramolecular Hbond substituents is 1. The molecule has 2 rings (SSSR count). The maximum absolute atomic E-state index is 11.2. The van der Waals surface area contributed by atoms with Gasteiger partial charge >= 0.3 is 5.97 Å². The molecule has 1 unspecified atom stereocenters. The standard InChI is InChI=1S/C13H17NO3/c1-2-17-13(16)8-14-12-6-3-9-7-10(15)4-5-11(9)12/h4-5,7,12,14-15H,2-3,6,8H2,1H3. The number of carbonyl (C=O) groups excluding carboxylic acids is 1. The molecule has 1 aliphatic rings. The Bertz CT molecular complexity index is 417. The fourth-order valence-electron chi connectivity index (χ4n) is 2.23. The van der Waals surface area contributed by atoms with Crippen molar-refractivity contribution in [1.82, 2.24) is 5.32 Å². The number of aromatic hydroxyl groups is 1. The van der Waals surface area contributed by atoms with E-state index in [1.807, 2.05) is 6.07 Å². The zero-order chi connectivity index (χ0) is 12.3. The van der Waals surface area contributed by atoms with Crippen molar-refractivity contribution in [1.29, 1.82) is 0 Å². The topological polar surface area (TPSA) is 58.6 Å². The van der Waals surface area contributed by atoms with Gasteiger partial charge in [0.25, 0.3) is 0 Å². The van der Waals surface area contributed by atoms with Crippen molar-refractivity contribution in [2.75, 3.05) is 13.2 Å². The van der Waals surface area contributed by atoms with Crippen LogP contribution in [0, 0.1) is 0 Å². The summed E-state index contributed by atoms with van der Waals surface area (Å²) in [6, 6.07) is 5.58. The lowest BCUT2D eigenvalue weighted by molar-refractivity contribution is -0.142. The van der Waals surface area contributed by atoms with Gasteiger partial charge in [0.15, 0.2) is 0 Å². The van der Waals surface area contributed by atoms with Crippen molar-refractivity contribution in [3.8, 4) is 5.75 Å². The molecular formula is C13H17NO3. The predicted molar refractivity (Wildman–Crippen MR) is 63.8 cm³/mol. The summed E-state index contributed by atoms with van der Waals surface area (Å²) < 4.78 is 4.87. The monoisotopic (exact) mass is 235 g/mol. The van der Waals surface area contributed by atoms with Crippen LogP contribution in [0.3, 0.4) is 0 Å². The van der Waals surface area contributed by atoms with E-state index in [1.54, 1.807) is 19.1 Å². The highest BCUT2D eigenvalue weighted by molar-refractivity contribution is 5.71. The molecule has 1 atom stereocenters. The van der Waals surface area contributed by atoms with Gasteiger partial charge in [0.1, 0.15) is 5.75 Å². The van der Waals surface area contributed by atoms with E-state index in [1.165, 1.54) is 5.56 Å². The van der Waals surface area contributed by atoms with E-state index < -0.39 is 0 Å². The van der Waals surface area contributed by atoms with E-state index in [4.69, 9.17) is 4.74 Å². The second kappa shape index (κ2) is 5.19. The third-order valence-corrected chi connectivity index (χ3v) is 3.00. The summed E-state index contributed by atoms with van der Waals surface area (Å²) in [7, 11) is 0. The average molecular weight is 235 g/mol. The molecule has 0 amide bonds. The summed E-state index contributed by atoms with van der Waals surface area (Å²) in [5.74, 6) is 0.0783. The van der Waals surface area contributed by atoms with Crippen LogP contribution in [0.2, 0.25) is 0 Å². The fraction of sp³-hybridized carbons (Fsp3) is 0.462. The summed E-state index contributed by atoms with van der Waals surface area (Å²) in [6.07, 6.45) is 1.89. The molecular weight excluding hydrogens is 218 g/mol. The quantitative estimate of drug-likeness (QED) is 0.777. The Labute approximate surface area is 101 Å². The summed E-state index contributed by atoms with van der Waals surface area (Å²) in [5, 5.41) is 12.6. The molecule has 0 spiro atoms. The van der Waals surface area contributed by atoms with E-state index in [-0.39, 0.29) is 18.6 Å². The van der Waals surface area contributed by atoms with Crippen molar-refractivity contribution >= 4 is 5.97 Å². The van der Waals surface area contributed by atoms with Gasteiger partial charge < -0.3 is 15.2 Å². The number of hydrogen-bond acceptors (Lipinski definition) is 4. The molecule has 4 heteroatoms. The van der Waals surface area contributed by atoms with E-state index >= 15 is 0 Å². The van der Waals surface area contributed by atoms with E-state index in [0.717, 1.165) is 18.4 Å². The Kier molecular flexibility index (Phi) is 3.64. The van der Waals surface area contributed by atoms with Gasteiger partial charge in [0.2, 0.25) is 0 Å². The molecule has 4 nitrogen and oxygen atoms in total. The molecule has 0 heterocycles. The van der Waals surface area contributed by atoms with Crippen LogP contribution in [0.25, 0.3) is 0 Å². The van der Waals surface area contributed by atoms with Crippen molar-refractivity contribution in [2.45, 2.75) is 25.8 Å². The number of esters is 1. The first-order chi connectivity index (χ1) is 8.20. The van der Waals surface area contributed by atoms with Crippen LogP contribution >= 0.6 is 0 Å². The average Bonchev–Trinajstić information content (AvgIpc) is 2.69. The molecule has 1 aromatic carbocycles. The lowest BCUT2D eigenvalue weighted by Crippen LogP contribution is -2.27. The normalized spacial score (nSPS) is 17.8. The van der Waals surface area contributed by atoms with Crippen LogP contribution in [0.15, 0.2) is 18.2 Å². The Morgan fingerprint density at radius 3 is 3.18 bits per heavy atom. The van der Waals surface area contributed by atoms with Gasteiger partial charge in [-0.2, -0.15) is 0 Å². The van der Waals surface area contributed by atoms with Crippen LogP contribution in [0.1, 0.15) is 30.5 Å². The molecule has 0 aliphatic heterocycles. The maximum Gasteiger partial charge on any atom is 0.319 e. The first kappa shape index (κ1) is 11.9.